The summed E-state index contributed by atoms with van der Waals surface area (Å²) in [5.74, 6) is 1.24. The van der Waals surface area contributed by atoms with Crippen LogP contribution in [0.1, 0.15) is 33.8 Å². The van der Waals surface area contributed by atoms with E-state index in [0.29, 0.717) is 17.4 Å². The van der Waals surface area contributed by atoms with Crippen molar-refractivity contribution in [1.29, 1.82) is 0 Å². The van der Waals surface area contributed by atoms with Crippen molar-refractivity contribution in [2.24, 2.45) is 5.92 Å². The Hall–Kier alpha value is -3.91. The minimum Gasteiger partial charge on any atom is -0.322 e. The second-order valence-electron chi connectivity index (χ2n) is 9.13. The monoisotopic (exact) mass is 427 g/mol. The van der Waals surface area contributed by atoms with Crippen molar-refractivity contribution in [1.82, 2.24) is 0 Å². The molecule has 160 valence electrons. The largest absolute Gasteiger partial charge is 0.322 e. The summed E-state index contributed by atoms with van der Waals surface area (Å²) >= 11 is 0. The van der Waals surface area contributed by atoms with Crippen LogP contribution in [0.2, 0.25) is 0 Å². The topological polar surface area (TPSA) is 29.1 Å². The zero-order chi connectivity index (χ0) is 22.2. The maximum absolute atomic E-state index is 12.7. The number of carbonyl (C=O) groups excluding carboxylic acids is 1. The standard InChI is InChI=1S/C31H25NO/c33-31(27-12-11-23-6-2-4-8-26(23)19-27)32-29-15-13-24(14-16-29)30-20-28(30)18-21-9-10-22-5-1-3-7-25(22)17-21/h1-17,19,28,30H,18,20H2,(H,32,33)/t28-,30-/m0/s1. The highest BCUT2D eigenvalue weighted by Gasteiger charge is 2.37. The molecule has 1 amide bonds. The van der Waals surface area contributed by atoms with Gasteiger partial charge in [-0.1, -0.05) is 84.9 Å². The zero-order valence-electron chi connectivity index (χ0n) is 18.4. The molecule has 6 rings (SSSR count). The molecule has 0 aliphatic heterocycles. The summed E-state index contributed by atoms with van der Waals surface area (Å²) in [6.45, 7) is 0. The Morgan fingerprint density at radius 2 is 1.33 bits per heavy atom. The van der Waals surface area contributed by atoms with E-state index < -0.39 is 0 Å². The summed E-state index contributed by atoms with van der Waals surface area (Å²) < 4.78 is 0. The van der Waals surface area contributed by atoms with E-state index in [2.05, 4.69) is 66.0 Å². The molecule has 0 unspecified atom stereocenters. The van der Waals surface area contributed by atoms with E-state index in [-0.39, 0.29) is 5.91 Å². The molecule has 2 atom stereocenters. The van der Waals surface area contributed by atoms with Crippen LogP contribution in [0.5, 0.6) is 0 Å². The highest BCUT2D eigenvalue weighted by Crippen LogP contribution is 2.49. The second kappa shape index (κ2) is 8.22. The number of rotatable bonds is 5. The van der Waals surface area contributed by atoms with Crippen LogP contribution in [0.3, 0.4) is 0 Å². The van der Waals surface area contributed by atoms with Crippen molar-refractivity contribution in [3.8, 4) is 0 Å². The average molecular weight is 428 g/mol. The van der Waals surface area contributed by atoms with Gasteiger partial charge in [-0.3, -0.25) is 4.79 Å². The van der Waals surface area contributed by atoms with E-state index in [9.17, 15) is 4.79 Å². The third kappa shape index (κ3) is 4.12. The molecule has 1 aliphatic carbocycles. The Kier molecular flexibility index (Phi) is 4.92. The molecular formula is C31H25NO. The molecule has 1 N–H and O–H groups in total. The molecule has 2 heteroatoms. The van der Waals surface area contributed by atoms with Gasteiger partial charge in [0.1, 0.15) is 0 Å². The second-order valence-corrected chi connectivity index (χ2v) is 9.13. The van der Waals surface area contributed by atoms with Crippen LogP contribution >= 0.6 is 0 Å². The van der Waals surface area contributed by atoms with Crippen LogP contribution < -0.4 is 5.32 Å². The van der Waals surface area contributed by atoms with Crippen LogP contribution in [-0.2, 0) is 6.42 Å². The minimum absolute atomic E-state index is 0.0749. The summed E-state index contributed by atoms with van der Waals surface area (Å²) in [7, 11) is 0. The SMILES string of the molecule is O=C(Nc1ccc([C@@H]2C[C@@H]2Cc2ccc3ccccc3c2)cc1)c1ccc2ccccc2c1. The molecule has 0 radical (unpaired) electrons. The number of hydrogen-bond donors (Lipinski definition) is 1. The molecule has 33 heavy (non-hydrogen) atoms. The fourth-order valence-electron chi connectivity index (χ4n) is 4.90. The van der Waals surface area contributed by atoms with E-state index in [0.717, 1.165) is 22.9 Å². The van der Waals surface area contributed by atoms with Crippen LogP contribution in [0.25, 0.3) is 21.5 Å². The number of anilines is 1. The first-order valence-corrected chi connectivity index (χ1v) is 11.6. The Morgan fingerprint density at radius 1 is 0.697 bits per heavy atom. The van der Waals surface area contributed by atoms with Gasteiger partial charge in [0, 0.05) is 11.3 Å². The molecule has 5 aromatic carbocycles. The predicted molar refractivity (Wildman–Crippen MR) is 137 cm³/mol. The minimum atomic E-state index is -0.0749. The van der Waals surface area contributed by atoms with Crippen molar-refractivity contribution in [2.75, 3.05) is 5.32 Å². The predicted octanol–water partition coefficient (Wildman–Crippen LogP) is 7.59. The fraction of sp³-hybridized carbons (Fsp3) is 0.129. The van der Waals surface area contributed by atoms with Gasteiger partial charge in [-0.05, 0) is 81.6 Å². The van der Waals surface area contributed by atoms with Crippen molar-refractivity contribution in [2.45, 2.75) is 18.8 Å². The zero-order valence-corrected chi connectivity index (χ0v) is 18.4. The van der Waals surface area contributed by atoms with Crippen molar-refractivity contribution in [3.05, 3.63) is 126 Å². The summed E-state index contributed by atoms with van der Waals surface area (Å²) in [5, 5.41) is 7.87. The lowest BCUT2D eigenvalue weighted by atomic mass is 10.0. The van der Waals surface area contributed by atoms with Gasteiger partial charge in [0.15, 0.2) is 0 Å². The van der Waals surface area contributed by atoms with Gasteiger partial charge in [-0.25, -0.2) is 0 Å². The van der Waals surface area contributed by atoms with Gasteiger partial charge < -0.3 is 5.32 Å². The first-order chi connectivity index (χ1) is 16.2. The van der Waals surface area contributed by atoms with Crippen LogP contribution in [0.15, 0.2) is 109 Å². The molecule has 0 saturated heterocycles. The smallest absolute Gasteiger partial charge is 0.255 e. The Balaban J connectivity index is 1.10. The first-order valence-electron chi connectivity index (χ1n) is 11.6. The van der Waals surface area contributed by atoms with Gasteiger partial charge >= 0.3 is 0 Å². The van der Waals surface area contributed by atoms with E-state index in [1.54, 1.807) is 0 Å². The molecule has 5 aromatic rings. The molecule has 0 aromatic heterocycles. The van der Waals surface area contributed by atoms with E-state index >= 15 is 0 Å². The number of carbonyl (C=O) groups is 1. The molecule has 0 bridgehead atoms. The molecular weight excluding hydrogens is 402 g/mol. The number of benzene rings is 5. The lowest BCUT2D eigenvalue weighted by Crippen LogP contribution is -2.11. The number of nitrogens with one attached hydrogen (secondary N) is 1. The molecule has 1 aliphatic rings. The number of amides is 1. The maximum atomic E-state index is 12.7. The van der Waals surface area contributed by atoms with Gasteiger partial charge in [0.2, 0.25) is 0 Å². The lowest BCUT2D eigenvalue weighted by molar-refractivity contribution is 0.102. The number of fused-ring (bicyclic) bond motifs is 2. The van der Waals surface area contributed by atoms with Gasteiger partial charge in [-0.2, -0.15) is 0 Å². The van der Waals surface area contributed by atoms with Crippen LogP contribution in [-0.4, -0.2) is 5.91 Å². The van der Waals surface area contributed by atoms with E-state index in [1.807, 2.05) is 48.5 Å². The summed E-state index contributed by atoms with van der Waals surface area (Å²) in [4.78, 5) is 12.7. The first kappa shape index (κ1) is 19.8. The Labute approximate surface area is 193 Å². The third-order valence-electron chi connectivity index (χ3n) is 6.84. The molecule has 1 saturated carbocycles. The van der Waals surface area contributed by atoms with Gasteiger partial charge in [0.25, 0.3) is 5.91 Å². The Morgan fingerprint density at radius 3 is 2.06 bits per heavy atom. The van der Waals surface area contributed by atoms with Crippen LogP contribution in [0, 0.1) is 5.92 Å². The van der Waals surface area contributed by atoms with E-state index in [1.165, 1.54) is 28.3 Å². The highest BCUT2D eigenvalue weighted by atomic mass is 16.1. The summed E-state index contributed by atoms with van der Waals surface area (Å²) in [6.07, 6.45) is 2.35. The van der Waals surface area contributed by atoms with Gasteiger partial charge in [-0.15, -0.1) is 0 Å². The highest BCUT2D eigenvalue weighted by molar-refractivity contribution is 6.06. The van der Waals surface area contributed by atoms with Gasteiger partial charge in [0.05, 0.1) is 0 Å². The third-order valence-corrected chi connectivity index (χ3v) is 6.84. The Bertz CT molecular complexity index is 1470. The summed E-state index contributed by atoms with van der Waals surface area (Å²) in [6, 6.07) is 37.7. The van der Waals surface area contributed by atoms with E-state index in [4.69, 9.17) is 0 Å². The average Bonchev–Trinajstić information content (AvgIpc) is 3.63. The normalized spacial score (nSPS) is 17.2. The molecule has 0 spiro atoms. The summed E-state index contributed by atoms with van der Waals surface area (Å²) in [5.41, 5.74) is 4.30. The maximum Gasteiger partial charge on any atom is 0.255 e. The molecule has 2 nitrogen and oxygen atoms in total. The quantitative estimate of drug-likeness (QED) is 0.307. The van der Waals surface area contributed by atoms with Crippen molar-refractivity contribution in [3.63, 3.8) is 0 Å². The van der Waals surface area contributed by atoms with Crippen LogP contribution in [0.4, 0.5) is 5.69 Å². The fourth-order valence-corrected chi connectivity index (χ4v) is 4.90. The van der Waals surface area contributed by atoms with Crippen molar-refractivity contribution >= 4 is 33.1 Å². The number of hydrogen-bond acceptors (Lipinski definition) is 1. The molecule has 1 fully saturated rings. The molecule has 0 heterocycles. The lowest BCUT2D eigenvalue weighted by Gasteiger charge is -2.08. The van der Waals surface area contributed by atoms with Crippen molar-refractivity contribution < 1.29 is 4.79 Å².